The third-order valence-electron chi connectivity index (χ3n) is 4.54. The Labute approximate surface area is 157 Å². The lowest BCUT2D eigenvalue weighted by Crippen LogP contribution is -2.44. The number of ketones is 1. The predicted molar refractivity (Wildman–Crippen MR) is 98.3 cm³/mol. The zero-order valence-corrected chi connectivity index (χ0v) is 15.1. The van der Waals surface area contributed by atoms with Gasteiger partial charge in [0.2, 0.25) is 0 Å². The van der Waals surface area contributed by atoms with Crippen molar-refractivity contribution in [2.45, 2.75) is 25.5 Å². The Morgan fingerprint density at radius 3 is 2.59 bits per heavy atom. The molecule has 2 aromatic carbocycles. The number of esters is 1. The number of amides is 1. The lowest BCUT2D eigenvalue weighted by molar-refractivity contribution is -0.153. The maximum atomic E-state index is 12.7. The normalized spacial score (nSPS) is 16.0. The van der Waals surface area contributed by atoms with Crippen LogP contribution in [-0.2, 0) is 20.9 Å². The summed E-state index contributed by atoms with van der Waals surface area (Å²) < 4.78 is 10.4. The Kier molecular flexibility index (Phi) is 5.86. The zero-order valence-electron chi connectivity index (χ0n) is 15.1. The predicted octanol–water partition coefficient (Wildman–Crippen LogP) is 2.61. The topological polar surface area (TPSA) is 72.9 Å². The molecule has 0 spiro atoms. The number of nitrogens with zero attached hydrogens (tertiary/aromatic N) is 1. The standard InChI is InChI=1S/C21H21NO5/c1-26-17-10-5-9-16(13-17)19(23)20(24)22-12-6-11-18(22)21(25)27-14-15-7-3-2-4-8-15/h2-5,7-10,13,18H,6,11-12,14H2,1H3/t18-/m1/s1. The van der Waals surface area contributed by atoms with Crippen molar-refractivity contribution < 1.29 is 23.9 Å². The van der Waals surface area contributed by atoms with Crippen LogP contribution in [0, 0.1) is 0 Å². The molecule has 1 aliphatic rings. The van der Waals surface area contributed by atoms with Crippen molar-refractivity contribution in [3.05, 3.63) is 65.7 Å². The molecule has 0 saturated carbocycles. The summed E-state index contributed by atoms with van der Waals surface area (Å²) in [5, 5.41) is 0. The highest BCUT2D eigenvalue weighted by Gasteiger charge is 2.38. The van der Waals surface area contributed by atoms with Crippen molar-refractivity contribution in [3.63, 3.8) is 0 Å². The third-order valence-corrected chi connectivity index (χ3v) is 4.54. The van der Waals surface area contributed by atoms with E-state index >= 15 is 0 Å². The van der Waals surface area contributed by atoms with Gasteiger partial charge in [0.05, 0.1) is 7.11 Å². The lowest BCUT2D eigenvalue weighted by Gasteiger charge is -2.22. The molecule has 140 valence electrons. The Morgan fingerprint density at radius 2 is 1.85 bits per heavy atom. The van der Waals surface area contributed by atoms with Gasteiger partial charge in [0.15, 0.2) is 0 Å². The summed E-state index contributed by atoms with van der Waals surface area (Å²) in [6, 6.07) is 15.0. The fraction of sp³-hybridized carbons (Fsp3) is 0.286. The van der Waals surface area contributed by atoms with Crippen LogP contribution < -0.4 is 4.74 Å². The van der Waals surface area contributed by atoms with Gasteiger partial charge in [-0.3, -0.25) is 9.59 Å². The van der Waals surface area contributed by atoms with Crippen LogP contribution >= 0.6 is 0 Å². The minimum Gasteiger partial charge on any atom is -0.497 e. The first kappa shape index (κ1) is 18.6. The van der Waals surface area contributed by atoms with E-state index in [4.69, 9.17) is 9.47 Å². The summed E-state index contributed by atoms with van der Waals surface area (Å²) in [5.41, 5.74) is 1.11. The van der Waals surface area contributed by atoms with Crippen molar-refractivity contribution >= 4 is 17.7 Å². The Hall–Kier alpha value is -3.15. The highest BCUT2D eigenvalue weighted by molar-refractivity contribution is 6.43. The van der Waals surface area contributed by atoms with Gasteiger partial charge in [-0.1, -0.05) is 42.5 Å². The van der Waals surface area contributed by atoms with Gasteiger partial charge in [0.25, 0.3) is 11.7 Å². The summed E-state index contributed by atoms with van der Waals surface area (Å²) in [7, 11) is 1.49. The van der Waals surface area contributed by atoms with Crippen molar-refractivity contribution in [1.82, 2.24) is 4.90 Å². The molecule has 0 aliphatic carbocycles. The number of ether oxygens (including phenoxy) is 2. The maximum absolute atomic E-state index is 12.7. The first-order valence-electron chi connectivity index (χ1n) is 8.80. The minimum absolute atomic E-state index is 0.141. The van der Waals surface area contributed by atoms with Crippen molar-refractivity contribution in [2.24, 2.45) is 0 Å². The van der Waals surface area contributed by atoms with Gasteiger partial charge in [-0.15, -0.1) is 0 Å². The molecule has 1 atom stereocenters. The molecule has 0 unspecified atom stereocenters. The van der Waals surface area contributed by atoms with E-state index in [2.05, 4.69) is 0 Å². The SMILES string of the molecule is COc1cccc(C(=O)C(=O)N2CCC[C@@H]2C(=O)OCc2ccccc2)c1. The highest BCUT2D eigenvalue weighted by Crippen LogP contribution is 2.21. The number of carbonyl (C=O) groups is 3. The molecule has 1 aliphatic heterocycles. The number of carbonyl (C=O) groups excluding carboxylic acids is 3. The number of hydrogen-bond acceptors (Lipinski definition) is 5. The molecule has 0 N–H and O–H groups in total. The van der Waals surface area contributed by atoms with Crippen LogP contribution in [0.5, 0.6) is 5.75 Å². The fourth-order valence-electron chi connectivity index (χ4n) is 3.10. The number of likely N-dealkylation sites (tertiary alicyclic amines) is 1. The number of rotatable bonds is 6. The van der Waals surface area contributed by atoms with Crippen molar-refractivity contribution in [3.8, 4) is 5.75 Å². The van der Waals surface area contributed by atoms with Gasteiger partial charge in [-0.05, 0) is 30.5 Å². The molecule has 27 heavy (non-hydrogen) atoms. The molecule has 0 bridgehead atoms. The summed E-state index contributed by atoms with van der Waals surface area (Å²) >= 11 is 0. The molecule has 6 heteroatoms. The van der Waals surface area contributed by atoms with Gasteiger partial charge >= 0.3 is 5.97 Å². The summed E-state index contributed by atoms with van der Waals surface area (Å²) in [4.78, 5) is 39.0. The number of Topliss-reactive ketones (excluding diaryl/α,β-unsaturated/α-hetero) is 1. The summed E-state index contributed by atoms with van der Waals surface area (Å²) in [6.07, 6.45) is 1.15. The smallest absolute Gasteiger partial charge is 0.329 e. The average molecular weight is 367 g/mol. The van der Waals surface area contributed by atoms with E-state index in [1.807, 2.05) is 30.3 Å². The second kappa shape index (κ2) is 8.49. The molecule has 1 saturated heterocycles. The summed E-state index contributed by atoms with van der Waals surface area (Å²) in [6.45, 7) is 0.502. The van der Waals surface area contributed by atoms with Crippen LogP contribution in [0.1, 0.15) is 28.8 Å². The Bertz CT molecular complexity index is 833. The quantitative estimate of drug-likeness (QED) is 0.446. The Balaban J connectivity index is 1.66. The van der Waals surface area contributed by atoms with E-state index < -0.39 is 23.7 Å². The van der Waals surface area contributed by atoms with E-state index in [0.29, 0.717) is 25.1 Å². The first-order valence-corrected chi connectivity index (χ1v) is 8.80. The number of hydrogen-bond donors (Lipinski definition) is 0. The van der Waals surface area contributed by atoms with Crippen LogP contribution in [0.25, 0.3) is 0 Å². The van der Waals surface area contributed by atoms with E-state index in [9.17, 15) is 14.4 Å². The van der Waals surface area contributed by atoms with Gasteiger partial charge in [0, 0.05) is 12.1 Å². The van der Waals surface area contributed by atoms with Crippen LogP contribution in [0.15, 0.2) is 54.6 Å². The van der Waals surface area contributed by atoms with E-state index in [1.165, 1.54) is 18.1 Å². The van der Waals surface area contributed by atoms with Crippen LogP contribution in [0.4, 0.5) is 0 Å². The Morgan fingerprint density at radius 1 is 1.07 bits per heavy atom. The van der Waals surface area contributed by atoms with E-state index in [-0.39, 0.29) is 12.2 Å². The molecule has 0 radical (unpaired) electrons. The molecule has 3 rings (SSSR count). The molecule has 1 fully saturated rings. The van der Waals surface area contributed by atoms with Gasteiger partial charge in [0.1, 0.15) is 18.4 Å². The van der Waals surface area contributed by atoms with Crippen LogP contribution in [-0.4, -0.2) is 42.3 Å². The molecular formula is C21H21NO5. The number of methoxy groups -OCH3 is 1. The average Bonchev–Trinajstić information content (AvgIpc) is 3.21. The molecule has 0 aromatic heterocycles. The van der Waals surface area contributed by atoms with Crippen molar-refractivity contribution in [2.75, 3.05) is 13.7 Å². The lowest BCUT2D eigenvalue weighted by atomic mass is 10.1. The van der Waals surface area contributed by atoms with Crippen LogP contribution in [0.2, 0.25) is 0 Å². The molecule has 1 amide bonds. The highest BCUT2D eigenvalue weighted by atomic mass is 16.5. The third kappa shape index (κ3) is 4.34. The molecule has 6 nitrogen and oxygen atoms in total. The maximum Gasteiger partial charge on any atom is 0.329 e. The molecule has 1 heterocycles. The molecular weight excluding hydrogens is 346 g/mol. The van der Waals surface area contributed by atoms with Crippen LogP contribution in [0.3, 0.4) is 0 Å². The minimum atomic E-state index is -0.726. The van der Waals surface area contributed by atoms with Gasteiger partial charge in [-0.25, -0.2) is 4.79 Å². The first-order chi connectivity index (χ1) is 13.1. The largest absolute Gasteiger partial charge is 0.497 e. The van der Waals surface area contributed by atoms with Gasteiger partial charge < -0.3 is 14.4 Å². The van der Waals surface area contributed by atoms with Gasteiger partial charge in [-0.2, -0.15) is 0 Å². The number of benzene rings is 2. The second-order valence-corrected chi connectivity index (χ2v) is 6.31. The monoisotopic (exact) mass is 367 g/mol. The van der Waals surface area contributed by atoms with Crippen molar-refractivity contribution in [1.29, 1.82) is 0 Å². The fourth-order valence-corrected chi connectivity index (χ4v) is 3.10. The second-order valence-electron chi connectivity index (χ2n) is 6.31. The van der Waals surface area contributed by atoms with E-state index in [0.717, 1.165) is 5.56 Å². The molecule has 2 aromatic rings. The van der Waals surface area contributed by atoms with E-state index in [1.54, 1.807) is 18.2 Å². The summed E-state index contributed by atoms with van der Waals surface area (Å²) in [5.74, 6) is -1.34. The zero-order chi connectivity index (χ0) is 19.2.